The maximum Gasteiger partial charge on any atom is 0.416 e. The quantitative estimate of drug-likeness (QED) is 0.877. The molecule has 25 heavy (non-hydrogen) atoms. The van der Waals surface area contributed by atoms with Crippen LogP contribution >= 0.6 is 11.3 Å². The highest BCUT2D eigenvalue weighted by atomic mass is 32.1. The van der Waals surface area contributed by atoms with Crippen LogP contribution in [-0.2, 0) is 12.7 Å². The number of aromatic nitrogens is 1. The SMILES string of the molecule is OCCN1CCN(Cc2csc(-c3ccc(C(F)(F)F)cc3)n2)CC1. The van der Waals surface area contributed by atoms with Gasteiger partial charge in [-0.2, -0.15) is 13.2 Å². The van der Waals surface area contributed by atoms with Gasteiger partial charge in [-0.1, -0.05) is 12.1 Å². The van der Waals surface area contributed by atoms with Crippen LogP contribution in [0.25, 0.3) is 10.6 Å². The first-order chi connectivity index (χ1) is 12.0. The highest BCUT2D eigenvalue weighted by Gasteiger charge is 2.30. The van der Waals surface area contributed by atoms with Crippen molar-refractivity contribution in [1.82, 2.24) is 14.8 Å². The third kappa shape index (κ3) is 4.78. The van der Waals surface area contributed by atoms with Gasteiger partial charge in [0.2, 0.25) is 0 Å². The lowest BCUT2D eigenvalue weighted by molar-refractivity contribution is -0.137. The van der Waals surface area contributed by atoms with Crippen LogP contribution in [-0.4, -0.2) is 59.2 Å². The number of alkyl halides is 3. The maximum absolute atomic E-state index is 12.6. The van der Waals surface area contributed by atoms with E-state index >= 15 is 0 Å². The summed E-state index contributed by atoms with van der Waals surface area (Å²) in [6.45, 7) is 5.34. The van der Waals surface area contributed by atoms with E-state index in [2.05, 4.69) is 14.8 Å². The number of rotatable bonds is 5. The Morgan fingerprint density at radius 2 is 1.68 bits per heavy atom. The Hall–Kier alpha value is -1.48. The van der Waals surface area contributed by atoms with Crippen LogP contribution in [0.5, 0.6) is 0 Å². The van der Waals surface area contributed by atoms with Gasteiger partial charge in [0.1, 0.15) is 5.01 Å². The monoisotopic (exact) mass is 371 g/mol. The van der Waals surface area contributed by atoms with Crippen molar-refractivity contribution >= 4 is 11.3 Å². The van der Waals surface area contributed by atoms with Crippen molar-refractivity contribution in [1.29, 1.82) is 0 Å². The molecule has 1 aromatic heterocycles. The highest BCUT2D eigenvalue weighted by molar-refractivity contribution is 7.13. The molecular formula is C17H20F3N3OS. The zero-order chi connectivity index (χ0) is 17.9. The van der Waals surface area contributed by atoms with E-state index in [0.29, 0.717) is 12.1 Å². The molecule has 1 saturated heterocycles. The first-order valence-corrected chi connectivity index (χ1v) is 9.01. The molecule has 1 N–H and O–H groups in total. The lowest BCUT2D eigenvalue weighted by Gasteiger charge is -2.33. The second-order valence-electron chi connectivity index (χ2n) is 6.06. The van der Waals surface area contributed by atoms with E-state index in [-0.39, 0.29) is 6.61 Å². The topological polar surface area (TPSA) is 39.6 Å². The first-order valence-electron chi connectivity index (χ1n) is 8.13. The number of benzene rings is 1. The average Bonchev–Trinajstić information content (AvgIpc) is 3.05. The molecule has 2 aromatic rings. The number of aliphatic hydroxyl groups excluding tert-OH is 1. The lowest BCUT2D eigenvalue weighted by Crippen LogP contribution is -2.46. The summed E-state index contributed by atoms with van der Waals surface area (Å²) in [5, 5.41) is 11.7. The Morgan fingerprint density at radius 3 is 2.28 bits per heavy atom. The normalized spacial score (nSPS) is 17.1. The Balaban J connectivity index is 1.59. The molecule has 0 bridgehead atoms. The second-order valence-corrected chi connectivity index (χ2v) is 6.92. The van der Waals surface area contributed by atoms with Crippen LogP contribution in [0, 0.1) is 0 Å². The summed E-state index contributed by atoms with van der Waals surface area (Å²) in [5.74, 6) is 0. The molecule has 0 saturated carbocycles. The van der Waals surface area contributed by atoms with Crippen molar-refractivity contribution in [3.8, 4) is 10.6 Å². The van der Waals surface area contributed by atoms with Gasteiger partial charge in [0.25, 0.3) is 0 Å². The molecule has 4 nitrogen and oxygen atoms in total. The third-order valence-corrected chi connectivity index (χ3v) is 5.22. The van der Waals surface area contributed by atoms with Gasteiger partial charge in [-0.3, -0.25) is 9.80 Å². The number of thiazole rings is 1. The molecule has 0 spiro atoms. The van der Waals surface area contributed by atoms with Crippen LogP contribution in [0.4, 0.5) is 13.2 Å². The molecule has 2 heterocycles. The van der Waals surface area contributed by atoms with Crippen LogP contribution in [0.1, 0.15) is 11.3 Å². The van der Waals surface area contributed by atoms with Crippen molar-refractivity contribution in [2.45, 2.75) is 12.7 Å². The Labute approximate surface area is 148 Å². The highest BCUT2D eigenvalue weighted by Crippen LogP contribution is 2.31. The van der Waals surface area contributed by atoms with Gasteiger partial charge in [0.15, 0.2) is 0 Å². The molecule has 8 heteroatoms. The van der Waals surface area contributed by atoms with Crippen LogP contribution in [0.2, 0.25) is 0 Å². The van der Waals surface area contributed by atoms with Gasteiger partial charge in [-0.05, 0) is 12.1 Å². The van der Waals surface area contributed by atoms with Gasteiger partial charge in [-0.15, -0.1) is 11.3 Å². The number of β-amino-alcohol motifs (C(OH)–C–C–N with tert-alkyl or cyclic N) is 1. The number of aliphatic hydroxyl groups is 1. The van der Waals surface area contributed by atoms with E-state index in [9.17, 15) is 13.2 Å². The van der Waals surface area contributed by atoms with Gasteiger partial charge >= 0.3 is 6.18 Å². The summed E-state index contributed by atoms with van der Waals surface area (Å²) >= 11 is 1.45. The van der Waals surface area contributed by atoms with Crippen molar-refractivity contribution in [3.63, 3.8) is 0 Å². The van der Waals surface area contributed by atoms with Crippen molar-refractivity contribution in [2.24, 2.45) is 0 Å². The van der Waals surface area contributed by atoms with Gasteiger partial charge in [-0.25, -0.2) is 4.98 Å². The largest absolute Gasteiger partial charge is 0.416 e. The lowest BCUT2D eigenvalue weighted by atomic mass is 10.1. The molecule has 1 aliphatic heterocycles. The van der Waals surface area contributed by atoms with Crippen LogP contribution in [0.3, 0.4) is 0 Å². The molecule has 136 valence electrons. The fourth-order valence-corrected chi connectivity index (χ4v) is 3.67. The summed E-state index contributed by atoms with van der Waals surface area (Å²) in [6, 6.07) is 5.13. The van der Waals surface area contributed by atoms with Crippen molar-refractivity contribution < 1.29 is 18.3 Å². The van der Waals surface area contributed by atoms with E-state index in [4.69, 9.17) is 5.11 Å². The number of hydrogen-bond acceptors (Lipinski definition) is 5. The predicted octanol–water partition coefficient (Wildman–Crippen LogP) is 2.94. The molecule has 1 aliphatic rings. The molecule has 0 radical (unpaired) electrons. The molecular weight excluding hydrogens is 351 g/mol. The molecule has 0 unspecified atom stereocenters. The van der Waals surface area contributed by atoms with E-state index in [0.717, 1.165) is 55.6 Å². The minimum absolute atomic E-state index is 0.183. The second kappa shape index (κ2) is 7.82. The minimum atomic E-state index is -4.31. The molecule has 3 rings (SSSR count). The fraction of sp³-hybridized carbons (Fsp3) is 0.471. The number of hydrogen-bond donors (Lipinski definition) is 1. The third-order valence-electron chi connectivity index (χ3n) is 4.28. The van der Waals surface area contributed by atoms with Crippen molar-refractivity contribution in [2.75, 3.05) is 39.3 Å². The molecule has 0 atom stereocenters. The Bertz CT molecular complexity index is 679. The maximum atomic E-state index is 12.6. The summed E-state index contributed by atoms with van der Waals surface area (Å²) in [4.78, 5) is 9.10. The van der Waals surface area contributed by atoms with Gasteiger partial charge in [0, 0.05) is 50.2 Å². The summed E-state index contributed by atoms with van der Waals surface area (Å²) in [7, 11) is 0. The minimum Gasteiger partial charge on any atom is -0.395 e. The van der Waals surface area contributed by atoms with Crippen LogP contribution in [0.15, 0.2) is 29.6 Å². The fourth-order valence-electron chi connectivity index (χ4n) is 2.86. The Kier molecular flexibility index (Phi) is 5.73. The van der Waals surface area contributed by atoms with E-state index < -0.39 is 11.7 Å². The zero-order valence-electron chi connectivity index (χ0n) is 13.7. The van der Waals surface area contributed by atoms with Gasteiger partial charge in [0.05, 0.1) is 17.9 Å². The number of piperazine rings is 1. The van der Waals surface area contributed by atoms with E-state index in [1.54, 1.807) is 0 Å². The van der Waals surface area contributed by atoms with Crippen molar-refractivity contribution in [3.05, 3.63) is 40.9 Å². The van der Waals surface area contributed by atoms with E-state index in [1.165, 1.54) is 23.5 Å². The smallest absolute Gasteiger partial charge is 0.395 e. The van der Waals surface area contributed by atoms with E-state index in [1.807, 2.05) is 5.38 Å². The number of nitrogens with zero attached hydrogens (tertiary/aromatic N) is 3. The zero-order valence-corrected chi connectivity index (χ0v) is 14.5. The standard InChI is InChI=1S/C17H20F3N3OS/c18-17(19,20)14-3-1-13(2-4-14)16-21-15(12-25-16)11-23-7-5-22(6-8-23)9-10-24/h1-4,12,24H,5-11H2. The first kappa shape index (κ1) is 18.3. The summed E-state index contributed by atoms with van der Waals surface area (Å²) in [5.41, 5.74) is 1.00. The number of halogens is 3. The summed E-state index contributed by atoms with van der Waals surface area (Å²) in [6.07, 6.45) is -4.31. The average molecular weight is 371 g/mol. The molecule has 1 aromatic carbocycles. The summed E-state index contributed by atoms with van der Waals surface area (Å²) < 4.78 is 37.9. The Morgan fingerprint density at radius 1 is 1.04 bits per heavy atom. The molecule has 0 amide bonds. The van der Waals surface area contributed by atoms with Gasteiger partial charge < -0.3 is 5.11 Å². The molecule has 1 fully saturated rings. The van der Waals surface area contributed by atoms with Crippen LogP contribution < -0.4 is 0 Å². The molecule has 0 aliphatic carbocycles. The predicted molar refractivity (Wildman–Crippen MR) is 91.4 cm³/mol.